The zero-order valence-corrected chi connectivity index (χ0v) is 34.9. The Hall–Kier alpha value is -1.17. The SMILES string of the molecule is CCCCCCCCC=CCCCCCCCCOCC(COCCCCCCCCC=CCCCCCCCC)OC(=O)CCCN(C)CC. The number of carbonyl (C=O) groups is 1. The molecule has 0 aliphatic rings. The third-order valence-corrected chi connectivity index (χ3v) is 9.97. The summed E-state index contributed by atoms with van der Waals surface area (Å²) >= 11 is 0. The van der Waals surface area contributed by atoms with E-state index in [0.717, 1.165) is 45.6 Å². The van der Waals surface area contributed by atoms with Gasteiger partial charge in [0.15, 0.2) is 0 Å². The first-order valence-electron chi connectivity index (χ1n) is 22.5. The standard InChI is InChI=1S/C46H89NO4/c1-5-8-10-12-14-16-18-20-22-24-26-28-30-32-34-36-41-49-43-45(51-46(48)39-38-40-47(4)7-3)44-50-42-37-35-33-31-29-27-25-23-21-19-17-15-13-11-9-6-2/h20-23,45H,5-19,24-44H2,1-4H3. The summed E-state index contributed by atoms with van der Waals surface area (Å²) in [6, 6.07) is 0. The molecule has 0 unspecified atom stereocenters. The molecule has 302 valence electrons. The van der Waals surface area contributed by atoms with Gasteiger partial charge >= 0.3 is 5.97 Å². The fourth-order valence-electron chi connectivity index (χ4n) is 6.35. The number of unbranched alkanes of at least 4 members (excludes halogenated alkanes) is 24. The predicted molar refractivity (Wildman–Crippen MR) is 223 cm³/mol. The van der Waals surface area contributed by atoms with Gasteiger partial charge in [-0.3, -0.25) is 4.79 Å². The Balaban J connectivity index is 3.95. The Morgan fingerprint density at radius 2 is 0.843 bits per heavy atom. The Bertz CT molecular complexity index is 693. The molecule has 0 saturated heterocycles. The molecule has 0 aromatic rings. The lowest BCUT2D eigenvalue weighted by molar-refractivity contribution is -0.156. The summed E-state index contributed by atoms with van der Waals surface area (Å²) in [5, 5.41) is 0. The van der Waals surface area contributed by atoms with Gasteiger partial charge in [-0.05, 0) is 90.8 Å². The average molecular weight is 720 g/mol. The van der Waals surface area contributed by atoms with Crippen LogP contribution in [0.2, 0.25) is 0 Å². The van der Waals surface area contributed by atoms with Gasteiger partial charge in [0.05, 0.1) is 13.2 Å². The molecule has 0 aliphatic heterocycles. The minimum Gasteiger partial charge on any atom is -0.457 e. The summed E-state index contributed by atoms with van der Waals surface area (Å²) in [6.07, 6.45) is 47.1. The third-order valence-electron chi connectivity index (χ3n) is 9.97. The van der Waals surface area contributed by atoms with E-state index in [2.05, 4.69) is 57.0 Å². The molecule has 0 rings (SSSR count). The first kappa shape index (κ1) is 49.8. The van der Waals surface area contributed by atoms with Crippen molar-refractivity contribution in [3.8, 4) is 0 Å². The molecule has 0 N–H and O–H groups in total. The van der Waals surface area contributed by atoms with E-state index in [1.807, 2.05) is 0 Å². The second-order valence-corrected chi connectivity index (χ2v) is 15.1. The summed E-state index contributed by atoms with van der Waals surface area (Å²) in [5.74, 6) is -0.133. The highest BCUT2D eigenvalue weighted by atomic mass is 16.6. The van der Waals surface area contributed by atoms with Crippen LogP contribution in [-0.4, -0.2) is 63.5 Å². The van der Waals surface area contributed by atoms with Crippen molar-refractivity contribution in [3.05, 3.63) is 24.3 Å². The van der Waals surface area contributed by atoms with E-state index in [4.69, 9.17) is 14.2 Å². The highest BCUT2D eigenvalue weighted by molar-refractivity contribution is 5.69. The second-order valence-electron chi connectivity index (χ2n) is 15.1. The molecule has 0 atom stereocenters. The molecular formula is C46H89NO4. The number of allylic oxidation sites excluding steroid dienone is 4. The molecule has 0 fully saturated rings. The Morgan fingerprint density at radius 3 is 1.22 bits per heavy atom. The zero-order chi connectivity index (χ0) is 37.1. The Labute approximate surface area is 319 Å². The lowest BCUT2D eigenvalue weighted by Crippen LogP contribution is -2.29. The number of hydrogen-bond donors (Lipinski definition) is 0. The normalized spacial score (nSPS) is 12.6. The largest absolute Gasteiger partial charge is 0.457 e. The van der Waals surface area contributed by atoms with Crippen molar-refractivity contribution in [1.29, 1.82) is 0 Å². The Morgan fingerprint density at radius 1 is 0.490 bits per heavy atom. The maximum atomic E-state index is 12.5. The molecule has 0 radical (unpaired) electrons. The zero-order valence-electron chi connectivity index (χ0n) is 34.9. The van der Waals surface area contributed by atoms with Crippen LogP contribution in [0.15, 0.2) is 24.3 Å². The second kappa shape index (κ2) is 43.2. The van der Waals surface area contributed by atoms with Gasteiger partial charge in [-0.2, -0.15) is 0 Å². The molecule has 5 heteroatoms. The van der Waals surface area contributed by atoms with Crippen LogP contribution in [0.5, 0.6) is 0 Å². The summed E-state index contributed by atoms with van der Waals surface area (Å²) < 4.78 is 17.8. The van der Waals surface area contributed by atoms with E-state index in [1.54, 1.807) is 0 Å². The van der Waals surface area contributed by atoms with Gasteiger partial charge in [-0.25, -0.2) is 0 Å². The molecule has 0 aromatic heterocycles. The van der Waals surface area contributed by atoms with E-state index in [0.29, 0.717) is 19.6 Å². The smallest absolute Gasteiger partial charge is 0.306 e. The minimum absolute atomic E-state index is 0.133. The number of carbonyl (C=O) groups excluding carboxylic acids is 1. The van der Waals surface area contributed by atoms with Gasteiger partial charge in [0.1, 0.15) is 6.10 Å². The summed E-state index contributed by atoms with van der Waals surface area (Å²) in [6.45, 7) is 10.9. The molecule has 0 bridgehead atoms. The minimum atomic E-state index is -0.315. The number of esters is 1. The fraction of sp³-hybridized carbons (Fsp3) is 0.891. The van der Waals surface area contributed by atoms with Crippen LogP contribution in [0.4, 0.5) is 0 Å². The quantitative estimate of drug-likeness (QED) is 0.0357. The number of ether oxygens (including phenoxy) is 3. The first-order chi connectivity index (χ1) is 25.1. The van der Waals surface area contributed by atoms with E-state index in [-0.39, 0.29) is 12.1 Å². The number of nitrogens with zero attached hydrogens (tertiary/aromatic N) is 1. The summed E-state index contributed by atoms with van der Waals surface area (Å²) in [5.41, 5.74) is 0. The van der Waals surface area contributed by atoms with Gasteiger partial charge in [-0.1, -0.05) is 161 Å². The average Bonchev–Trinajstić information content (AvgIpc) is 3.13. The molecule has 0 aromatic carbocycles. The van der Waals surface area contributed by atoms with E-state index >= 15 is 0 Å². The van der Waals surface area contributed by atoms with Crippen molar-refractivity contribution < 1.29 is 19.0 Å². The van der Waals surface area contributed by atoms with Gasteiger partial charge < -0.3 is 19.1 Å². The maximum absolute atomic E-state index is 12.5. The van der Waals surface area contributed by atoms with Crippen molar-refractivity contribution in [3.63, 3.8) is 0 Å². The fourth-order valence-corrected chi connectivity index (χ4v) is 6.35. The van der Waals surface area contributed by atoms with Crippen molar-refractivity contribution in [1.82, 2.24) is 4.90 Å². The van der Waals surface area contributed by atoms with E-state index in [1.165, 1.54) is 167 Å². The molecular weight excluding hydrogens is 631 g/mol. The molecule has 0 heterocycles. The lowest BCUT2D eigenvalue weighted by atomic mass is 10.1. The molecule has 0 spiro atoms. The lowest BCUT2D eigenvalue weighted by Gasteiger charge is -2.19. The van der Waals surface area contributed by atoms with E-state index in [9.17, 15) is 4.79 Å². The van der Waals surface area contributed by atoms with Crippen LogP contribution < -0.4 is 0 Å². The van der Waals surface area contributed by atoms with E-state index < -0.39 is 0 Å². The number of hydrogen-bond acceptors (Lipinski definition) is 5. The van der Waals surface area contributed by atoms with Crippen LogP contribution >= 0.6 is 0 Å². The molecule has 0 aliphatic carbocycles. The maximum Gasteiger partial charge on any atom is 0.306 e. The molecule has 5 nitrogen and oxygen atoms in total. The highest BCUT2D eigenvalue weighted by Crippen LogP contribution is 2.12. The van der Waals surface area contributed by atoms with Crippen LogP contribution in [-0.2, 0) is 19.0 Å². The number of rotatable bonds is 42. The third kappa shape index (κ3) is 41.4. The summed E-state index contributed by atoms with van der Waals surface area (Å²) in [7, 11) is 2.09. The first-order valence-corrected chi connectivity index (χ1v) is 22.5. The van der Waals surface area contributed by atoms with Crippen LogP contribution in [0.25, 0.3) is 0 Å². The Kier molecular flexibility index (Phi) is 42.2. The summed E-state index contributed by atoms with van der Waals surface area (Å²) in [4.78, 5) is 14.8. The molecule has 0 amide bonds. The van der Waals surface area contributed by atoms with Crippen LogP contribution in [0.1, 0.15) is 213 Å². The van der Waals surface area contributed by atoms with Gasteiger partial charge in [0.25, 0.3) is 0 Å². The topological polar surface area (TPSA) is 48.0 Å². The van der Waals surface area contributed by atoms with Crippen LogP contribution in [0.3, 0.4) is 0 Å². The van der Waals surface area contributed by atoms with Gasteiger partial charge in [-0.15, -0.1) is 0 Å². The molecule has 0 saturated carbocycles. The van der Waals surface area contributed by atoms with Crippen molar-refractivity contribution in [2.75, 3.05) is 46.6 Å². The van der Waals surface area contributed by atoms with Crippen molar-refractivity contribution in [2.45, 2.75) is 219 Å². The van der Waals surface area contributed by atoms with Gasteiger partial charge in [0, 0.05) is 19.6 Å². The predicted octanol–water partition coefficient (Wildman–Crippen LogP) is 13.7. The monoisotopic (exact) mass is 720 g/mol. The van der Waals surface area contributed by atoms with Crippen LogP contribution in [0, 0.1) is 0 Å². The van der Waals surface area contributed by atoms with Crippen molar-refractivity contribution >= 4 is 5.97 Å². The van der Waals surface area contributed by atoms with Gasteiger partial charge in [0.2, 0.25) is 0 Å². The molecule has 51 heavy (non-hydrogen) atoms. The van der Waals surface area contributed by atoms with Crippen molar-refractivity contribution in [2.24, 2.45) is 0 Å². The highest BCUT2D eigenvalue weighted by Gasteiger charge is 2.15.